The number of rotatable bonds is 10. The molecule has 2 heterocycles. The Morgan fingerprint density at radius 1 is 1.10 bits per heavy atom. The number of benzene rings is 2. The van der Waals surface area contributed by atoms with E-state index in [0.717, 1.165) is 11.1 Å². The number of hydrogen-bond acceptors (Lipinski definition) is 9. The van der Waals surface area contributed by atoms with Crippen molar-refractivity contribution in [3.63, 3.8) is 0 Å². The van der Waals surface area contributed by atoms with Gasteiger partial charge in [0.05, 0.1) is 37.1 Å². The molecule has 12 heteroatoms. The van der Waals surface area contributed by atoms with Gasteiger partial charge in [0.2, 0.25) is 0 Å². The van der Waals surface area contributed by atoms with Gasteiger partial charge in [-0.3, -0.25) is 4.79 Å². The van der Waals surface area contributed by atoms with Crippen LogP contribution in [0.5, 0.6) is 5.75 Å². The van der Waals surface area contributed by atoms with E-state index in [4.69, 9.17) is 30.8 Å². The van der Waals surface area contributed by atoms with Crippen LogP contribution in [0.3, 0.4) is 0 Å². The van der Waals surface area contributed by atoms with E-state index in [1.807, 2.05) is 6.92 Å². The van der Waals surface area contributed by atoms with E-state index in [1.165, 1.54) is 13.3 Å². The molecule has 0 unspecified atom stereocenters. The highest BCUT2D eigenvalue weighted by molar-refractivity contribution is 7.80. The van der Waals surface area contributed by atoms with Crippen molar-refractivity contribution in [2.45, 2.75) is 26.8 Å². The highest BCUT2D eigenvalue weighted by atomic mass is 32.1. The van der Waals surface area contributed by atoms with E-state index < -0.39 is 23.9 Å². The number of carbonyl (C=O) groups excluding carboxylic acids is 3. The van der Waals surface area contributed by atoms with Gasteiger partial charge >= 0.3 is 11.9 Å². The van der Waals surface area contributed by atoms with Crippen LogP contribution in [-0.4, -0.2) is 49.5 Å². The fraction of sp³-hybridized carbons (Fsp3) is 0.233. The van der Waals surface area contributed by atoms with Gasteiger partial charge < -0.3 is 29.3 Å². The minimum absolute atomic E-state index is 0.215. The molecule has 11 nitrogen and oxygen atoms in total. The Morgan fingerprint density at radius 2 is 1.88 bits per heavy atom. The molecule has 0 bridgehead atoms. The van der Waals surface area contributed by atoms with Crippen LogP contribution in [0, 0.1) is 6.92 Å². The van der Waals surface area contributed by atoms with Gasteiger partial charge in [-0.05, 0) is 68.9 Å². The Kier molecular flexibility index (Phi) is 9.71. The first-order valence-corrected chi connectivity index (χ1v) is 13.4. The van der Waals surface area contributed by atoms with Crippen LogP contribution in [0.4, 0.5) is 0 Å². The molecule has 3 N–H and O–H groups in total. The zero-order valence-corrected chi connectivity index (χ0v) is 24.3. The van der Waals surface area contributed by atoms with Crippen molar-refractivity contribution in [3.05, 3.63) is 88.3 Å². The summed E-state index contributed by atoms with van der Waals surface area (Å²) in [4.78, 5) is 37.1. The molecular weight excluding hydrogens is 560 g/mol. The lowest BCUT2D eigenvalue weighted by Gasteiger charge is -2.30. The zero-order chi connectivity index (χ0) is 30.2. The van der Waals surface area contributed by atoms with Crippen LogP contribution in [0.25, 0.3) is 11.3 Å². The highest BCUT2D eigenvalue weighted by Crippen LogP contribution is 2.33. The molecule has 1 aromatic heterocycles. The summed E-state index contributed by atoms with van der Waals surface area (Å²) in [5, 5.41) is 10.3. The van der Waals surface area contributed by atoms with Crippen LogP contribution in [0.1, 0.15) is 47.1 Å². The molecule has 0 spiro atoms. The molecular formula is C30H30N4O7S. The molecule has 1 aliphatic heterocycles. The van der Waals surface area contributed by atoms with Crippen LogP contribution in [0.15, 0.2) is 75.4 Å². The van der Waals surface area contributed by atoms with E-state index in [0.29, 0.717) is 44.8 Å². The van der Waals surface area contributed by atoms with Crippen molar-refractivity contribution in [2.24, 2.45) is 5.10 Å². The SMILES string of the molecule is CCOC(=O)C1=C(C)NC(=S)N[C@@H]1c1ccccc1OCC(=O)NN=Cc1ccc(-c2cc(C(=O)OC)ccc2C)o1. The number of ether oxygens (including phenoxy) is 3. The summed E-state index contributed by atoms with van der Waals surface area (Å²) in [6.07, 6.45) is 1.36. The normalized spacial score (nSPS) is 14.7. The number of aryl methyl sites for hydroxylation is 1. The third-order valence-electron chi connectivity index (χ3n) is 6.29. The minimum Gasteiger partial charge on any atom is -0.483 e. The molecule has 42 heavy (non-hydrogen) atoms. The number of nitrogens with one attached hydrogen (secondary N) is 3. The average molecular weight is 591 g/mol. The molecule has 0 aliphatic carbocycles. The van der Waals surface area contributed by atoms with Gasteiger partial charge in [0.15, 0.2) is 11.7 Å². The van der Waals surface area contributed by atoms with Crippen molar-refractivity contribution in [2.75, 3.05) is 20.3 Å². The number of esters is 2. The van der Waals surface area contributed by atoms with Gasteiger partial charge in [-0.25, -0.2) is 15.0 Å². The third-order valence-corrected chi connectivity index (χ3v) is 6.51. The van der Waals surface area contributed by atoms with Gasteiger partial charge in [-0.2, -0.15) is 5.10 Å². The largest absolute Gasteiger partial charge is 0.483 e. The number of carbonyl (C=O) groups is 3. The molecule has 218 valence electrons. The quantitative estimate of drug-likeness (QED) is 0.138. The van der Waals surface area contributed by atoms with E-state index in [1.54, 1.807) is 68.4 Å². The Bertz CT molecular complexity index is 1580. The molecule has 1 amide bonds. The number of nitrogens with zero attached hydrogens (tertiary/aromatic N) is 1. The van der Waals surface area contributed by atoms with Crippen LogP contribution >= 0.6 is 12.2 Å². The van der Waals surface area contributed by atoms with Gasteiger partial charge in [0.1, 0.15) is 17.3 Å². The maximum atomic E-state index is 12.7. The van der Waals surface area contributed by atoms with Crippen molar-refractivity contribution in [1.29, 1.82) is 0 Å². The lowest BCUT2D eigenvalue weighted by Crippen LogP contribution is -2.45. The topological polar surface area (TPSA) is 140 Å². The summed E-state index contributed by atoms with van der Waals surface area (Å²) in [5.41, 5.74) is 5.98. The van der Waals surface area contributed by atoms with Crippen molar-refractivity contribution in [1.82, 2.24) is 16.1 Å². The minimum atomic E-state index is -0.639. The van der Waals surface area contributed by atoms with Crippen LogP contribution < -0.4 is 20.8 Å². The number of hydrazone groups is 1. The maximum absolute atomic E-state index is 12.7. The lowest BCUT2D eigenvalue weighted by atomic mass is 9.95. The Hall–Kier alpha value is -4.97. The van der Waals surface area contributed by atoms with Crippen molar-refractivity contribution < 1.29 is 33.0 Å². The number of allylic oxidation sites excluding steroid dienone is 1. The summed E-state index contributed by atoms with van der Waals surface area (Å²) in [6.45, 7) is 5.24. The molecule has 4 rings (SSSR count). The summed E-state index contributed by atoms with van der Waals surface area (Å²) < 4.78 is 21.7. The second-order valence-corrected chi connectivity index (χ2v) is 9.54. The molecule has 2 aromatic carbocycles. The first-order chi connectivity index (χ1) is 20.2. The molecule has 3 aromatic rings. The molecule has 1 aliphatic rings. The number of hydrogen-bond donors (Lipinski definition) is 3. The predicted molar refractivity (Wildman–Crippen MR) is 159 cm³/mol. The first kappa shape index (κ1) is 30.0. The summed E-state index contributed by atoms with van der Waals surface area (Å²) in [7, 11) is 1.32. The van der Waals surface area contributed by atoms with Crippen molar-refractivity contribution in [3.8, 4) is 17.1 Å². The molecule has 0 fully saturated rings. The number of amides is 1. The van der Waals surface area contributed by atoms with Gasteiger partial charge in [-0.1, -0.05) is 24.3 Å². The second kappa shape index (κ2) is 13.6. The Balaban J connectivity index is 1.41. The monoisotopic (exact) mass is 590 g/mol. The summed E-state index contributed by atoms with van der Waals surface area (Å²) in [5.74, 6) is -0.144. The van der Waals surface area contributed by atoms with E-state index in [-0.39, 0.29) is 13.2 Å². The molecule has 0 saturated heterocycles. The smallest absolute Gasteiger partial charge is 0.338 e. The summed E-state index contributed by atoms with van der Waals surface area (Å²) >= 11 is 5.30. The number of thiocarbonyl (C=S) groups is 1. The van der Waals surface area contributed by atoms with Crippen molar-refractivity contribution >= 4 is 41.4 Å². The standard InChI is InChI=1S/C30H30N4O7S/c1-5-39-29(37)26-18(3)32-30(42)33-27(26)21-8-6-7-9-23(21)40-16-25(35)34-31-15-20-12-13-24(41-20)22-14-19(28(36)38-4)11-10-17(22)2/h6-15,27H,5,16H2,1-4H3,(H,34,35)(H2,32,33,42)/t27-/m1/s1. The third kappa shape index (κ3) is 7.02. The Labute approximate surface area is 247 Å². The number of para-hydroxylation sites is 1. The molecule has 0 saturated carbocycles. The summed E-state index contributed by atoms with van der Waals surface area (Å²) in [6, 6.07) is 15.0. The number of methoxy groups -OCH3 is 1. The predicted octanol–water partition coefficient (Wildman–Crippen LogP) is 3.93. The van der Waals surface area contributed by atoms with E-state index in [9.17, 15) is 14.4 Å². The lowest BCUT2D eigenvalue weighted by molar-refractivity contribution is -0.139. The molecule has 0 radical (unpaired) electrons. The van der Waals surface area contributed by atoms with Crippen LogP contribution in [-0.2, 0) is 19.1 Å². The Morgan fingerprint density at radius 3 is 2.64 bits per heavy atom. The van der Waals surface area contributed by atoms with E-state index >= 15 is 0 Å². The van der Waals surface area contributed by atoms with Gasteiger partial charge in [0, 0.05) is 16.8 Å². The van der Waals surface area contributed by atoms with Gasteiger partial charge in [0.25, 0.3) is 5.91 Å². The highest BCUT2D eigenvalue weighted by Gasteiger charge is 2.32. The first-order valence-electron chi connectivity index (χ1n) is 13.0. The second-order valence-electron chi connectivity index (χ2n) is 9.13. The maximum Gasteiger partial charge on any atom is 0.338 e. The average Bonchev–Trinajstić information content (AvgIpc) is 3.44. The van der Waals surface area contributed by atoms with Gasteiger partial charge in [-0.15, -0.1) is 0 Å². The van der Waals surface area contributed by atoms with Crippen LogP contribution in [0.2, 0.25) is 0 Å². The number of furan rings is 1. The fourth-order valence-corrected chi connectivity index (χ4v) is 4.57. The van der Waals surface area contributed by atoms with E-state index in [2.05, 4.69) is 21.2 Å². The fourth-order valence-electron chi connectivity index (χ4n) is 4.30. The zero-order valence-electron chi connectivity index (χ0n) is 23.5. The molecule has 1 atom stereocenters.